The monoisotopic (exact) mass is 245 g/mol. The van der Waals surface area contributed by atoms with Gasteiger partial charge < -0.3 is 9.64 Å². The maximum atomic E-state index is 12.0. The molecule has 2 rings (SSSR count). The van der Waals surface area contributed by atoms with Gasteiger partial charge in [0.2, 0.25) is 5.91 Å². The zero-order valence-electron chi connectivity index (χ0n) is 10.9. The highest BCUT2D eigenvalue weighted by Gasteiger charge is 2.24. The first kappa shape index (κ1) is 12.8. The molecule has 0 saturated carbocycles. The van der Waals surface area contributed by atoms with Gasteiger partial charge in [0.25, 0.3) is 0 Å². The zero-order valence-corrected chi connectivity index (χ0v) is 10.9. The number of hydrogen-bond acceptors (Lipinski definition) is 2. The first-order chi connectivity index (χ1) is 8.65. The lowest BCUT2D eigenvalue weighted by atomic mass is 10.2. The molecular weight excluding hydrogens is 226 g/mol. The summed E-state index contributed by atoms with van der Waals surface area (Å²) < 4.78 is 5.61. The van der Waals surface area contributed by atoms with Crippen LogP contribution in [0.1, 0.15) is 19.4 Å². The van der Waals surface area contributed by atoms with Crippen LogP contribution in [0.4, 0.5) is 0 Å². The van der Waals surface area contributed by atoms with Crippen LogP contribution in [0.25, 0.3) is 6.08 Å². The molecule has 1 aliphatic heterocycles. The number of benzene rings is 1. The second kappa shape index (κ2) is 5.83. The summed E-state index contributed by atoms with van der Waals surface area (Å²) in [6.07, 6.45) is 3.72. The number of nitrogens with zero attached hydrogens (tertiary/aromatic N) is 1. The fourth-order valence-electron chi connectivity index (χ4n) is 2.19. The Morgan fingerprint density at radius 1 is 1.22 bits per heavy atom. The Morgan fingerprint density at radius 3 is 2.44 bits per heavy atom. The van der Waals surface area contributed by atoms with Crippen LogP contribution in [0.5, 0.6) is 0 Å². The van der Waals surface area contributed by atoms with Crippen LogP contribution in [-0.4, -0.2) is 36.1 Å². The van der Waals surface area contributed by atoms with Crippen LogP contribution in [0, 0.1) is 0 Å². The van der Waals surface area contributed by atoms with Gasteiger partial charge >= 0.3 is 0 Å². The Morgan fingerprint density at radius 2 is 1.83 bits per heavy atom. The Kier molecular flexibility index (Phi) is 4.15. The van der Waals surface area contributed by atoms with Gasteiger partial charge in [-0.25, -0.2) is 0 Å². The Balaban J connectivity index is 1.97. The number of amides is 1. The molecule has 0 N–H and O–H groups in total. The highest BCUT2D eigenvalue weighted by atomic mass is 16.5. The summed E-state index contributed by atoms with van der Waals surface area (Å²) in [4.78, 5) is 13.9. The molecule has 1 saturated heterocycles. The molecule has 0 bridgehead atoms. The van der Waals surface area contributed by atoms with Gasteiger partial charge in [-0.3, -0.25) is 4.79 Å². The van der Waals surface area contributed by atoms with Crippen molar-refractivity contribution in [3.05, 3.63) is 42.0 Å². The molecule has 1 amide bonds. The van der Waals surface area contributed by atoms with Gasteiger partial charge in [0.05, 0.1) is 12.2 Å². The third-order valence-corrected chi connectivity index (χ3v) is 2.95. The largest absolute Gasteiger partial charge is 0.372 e. The summed E-state index contributed by atoms with van der Waals surface area (Å²) in [5.41, 5.74) is 1.04. The minimum absolute atomic E-state index is 0.0563. The molecule has 3 nitrogen and oxygen atoms in total. The van der Waals surface area contributed by atoms with Crippen LogP contribution >= 0.6 is 0 Å². The predicted molar refractivity (Wildman–Crippen MR) is 72.1 cm³/mol. The summed E-state index contributed by atoms with van der Waals surface area (Å²) in [5, 5.41) is 0. The van der Waals surface area contributed by atoms with Crippen molar-refractivity contribution in [2.24, 2.45) is 0 Å². The van der Waals surface area contributed by atoms with Gasteiger partial charge in [-0.1, -0.05) is 30.3 Å². The van der Waals surface area contributed by atoms with Crippen molar-refractivity contribution in [3.63, 3.8) is 0 Å². The lowest BCUT2D eigenvalue weighted by Gasteiger charge is -2.34. The van der Waals surface area contributed by atoms with Crippen LogP contribution in [0.3, 0.4) is 0 Å². The molecule has 0 spiro atoms. The van der Waals surface area contributed by atoms with Crippen molar-refractivity contribution in [1.29, 1.82) is 0 Å². The zero-order chi connectivity index (χ0) is 13.0. The summed E-state index contributed by atoms with van der Waals surface area (Å²) in [5.74, 6) is 0.0563. The van der Waals surface area contributed by atoms with Crippen molar-refractivity contribution < 1.29 is 9.53 Å². The second-order valence-corrected chi connectivity index (χ2v) is 4.74. The molecular formula is C15H19NO2. The third kappa shape index (κ3) is 3.44. The number of ether oxygens (including phenoxy) is 1. The SMILES string of the molecule is C[C@@H]1CN(C(=O)/C=C\c2ccccc2)C[C@H](C)O1. The van der Waals surface area contributed by atoms with E-state index in [0.29, 0.717) is 13.1 Å². The second-order valence-electron chi connectivity index (χ2n) is 4.74. The summed E-state index contributed by atoms with van der Waals surface area (Å²) in [7, 11) is 0. The smallest absolute Gasteiger partial charge is 0.246 e. The lowest BCUT2D eigenvalue weighted by Crippen LogP contribution is -2.47. The number of carbonyl (C=O) groups excluding carboxylic acids is 1. The van der Waals surface area contributed by atoms with E-state index in [9.17, 15) is 4.79 Å². The van der Waals surface area contributed by atoms with Crippen LogP contribution in [-0.2, 0) is 9.53 Å². The van der Waals surface area contributed by atoms with E-state index < -0.39 is 0 Å². The summed E-state index contributed by atoms with van der Waals surface area (Å²) in [6.45, 7) is 5.33. The van der Waals surface area contributed by atoms with E-state index >= 15 is 0 Å². The molecule has 0 radical (unpaired) electrons. The van der Waals surface area contributed by atoms with E-state index in [1.54, 1.807) is 6.08 Å². The minimum atomic E-state index is 0.0563. The normalized spacial score (nSPS) is 24.4. The molecule has 0 unspecified atom stereocenters. The molecule has 18 heavy (non-hydrogen) atoms. The van der Waals surface area contributed by atoms with Gasteiger partial charge in [-0.05, 0) is 25.5 Å². The Hall–Kier alpha value is -1.61. The van der Waals surface area contributed by atoms with Crippen molar-refractivity contribution in [3.8, 4) is 0 Å². The highest BCUT2D eigenvalue weighted by molar-refractivity contribution is 5.91. The predicted octanol–water partition coefficient (Wildman–Crippen LogP) is 2.34. The van der Waals surface area contributed by atoms with Gasteiger partial charge in [0.15, 0.2) is 0 Å². The molecule has 1 aromatic carbocycles. The van der Waals surface area contributed by atoms with Gasteiger partial charge in [0, 0.05) is 19.2 Å². The van der Waals surface area contributed by atoms with E-state index in [2.05, 4.69) is 0 Å². The molecule has 2 atom stereocenters. The van der Waals surface area contributed by atoms with Gasteiger partial charge in [-0.15, -0.1) is 0 Å². The fraction of sp³-hybridized carbons (Fsp3) is 0.400. The Labute approximate surface area is 108 Å². The van der Waals surface area contributed by atoms with Crippen molar-refractivity contribution in [2.75, 3.05) is 13.1 Å². The van der Waals surface area contributed by atoms with Crippen LogP contribution in [0.15, 0.2) is 36.4 Å². The van der Waals surface area contributed by atoms with E-state index in [1.807, 2.05) is 55.2 Å². The number of hydrogen-bond donors (Lipinski definition) is 0. The number of carbonyl (C=O) groups is 1. The maximum absolute atomic E-state index is 12.0. The number of rotatable bonds is 2. The van der Waals surface area contributed by atoms with E-state index in [0.717, 1.165) is 5.56 Å². The fourth-order valence-corrected chi connectivity index (χ4v) is 2.19. The lowest BCUT2D eigenvalue weighted by molar-refractivity contribution is -0.137. The molecule has 1 aromatic rings. The number of morpholine rings is 1. The maximum Gasteiger partial charge on any atom is 0.246 e. The molecule has 1 fully saturated rings. The average molecular weight is 245 g/mol. The molecule has 3 heteroatoms. The minimum Gasteiger partial charge on any atom is -0.372 e. The first-order valence-corrected chi connectivity index (χ1v) is 6.32. The third-order valence-electron chi connectivity index (χ3n) is 2.95. The molecule has 1 heterocycles. The van der Waals surface area contributed by atoms with Crippen LogP contribution < -0.4 is 0 Å². The molecule has 0 aromatic heterocycles. The summed E-state index contributed by atoms with van der Waals surface area (Å²) in [6, 6.07) is 9.85. The topological polar surface area (TPSA) is 29.5 Å². The van der Waals surface area contributed by atoms with E-state index in [-0.39, 0.29) is 18.1 Å². The van der Waals surface area contributed by atoms with Gasteiger partial charge in [-0.2, -0.15) is 0 Å². The standard InChI is InChI=1S/C15H19NO2/c1-12-10-16(11-13(2)18-12)15(17)9-8-14-6-4-3-5-7-14/h3-9,12-13H,10-11H2,1-2H3/b9-8-/t12-,13+. The first-order valence-electron chi connectivity index (χ1n) is 6.32. The molecule has 96 valence electrons. The van der Waals surface area contributed by atoms with Crippen LogP contribution in [0.2, 0.25) is 0 Å². The van der Waals surface area contributed by atoms with Crippen molar-refractivity contribution in [2.45, 2.75) is 26.1 Å². The molecule has 1 aliphatic rings. The average Bonchev–Trinajstić information content (AvgIpc) is 2.36. The van der Waals surface area contributed by atoms with Gasteiger partial charge in [0.1, 0.15) is 0 Å². The highest BCUT2D eigenvalue weighted by Crippen LogP contribution is 2.11. The van der Waals surface area contributed by atoms with Crippen molar-refractivity contribution in [1.82, 2.24) is 4.90 Å². The van der Waals surface area contributed by atoms with E-state index in [4.69, 9.17) is 4.74 Å². The van der Waals surface area contributed by atoms with Crippen molar-refractivity contribution >= 4 is 12.0 Å². The molecule has 0 aliphatic carbocycles. The summed E-state index contributed by atoms with van der Waals surface area (Å²) >= 11 is 0. The van der Waals surface area contributed by atoms with E-state index in [1.165, 1.54) is 0 Å². The quantitative estimate of drug-likeness (QED) is 0.748. The Bertz CT molecular complexity index is 417.